The molecule has 1 aromatic carbocycles. The van der Waals surface area contributed by atoms with Gasteiger partial charge in [0, 0.05) is 10.6 Å². The summed E-state index contributed by atoms with van der Waals surface area (Å²) in [4.78, 5) is 5.55. The molecule has 1 heterocycles. The third kappa shape index (κ3) is 3.07. The number of hydrogen-bond donors (Lipinski definition) is 2. The number of hydrazine groups is 1. The van der Waals surface area contributed by atoms with E-state index >= 15 is 0 Å². The highest BCUT2D eigenvalue weighted by Gasteiger charge is 2.05. The molecule has 80 valence electrons. The van der Waals surface area contributed by atoms with Gasteiger partial charge in [-0.05, 0) is 24.5 Å². The molecule has 2 rings (SSSR count). The lowest BCUT2D eigenvalue weighted by atomic mass is 10.3. The zero-order valence-electron chi connectivity index (χ0n) is 8.49. The molecule has 1 aliphatic rings. The van der Waals surface area contributed by atoms with Crippen molar-refractivity contribution in [1.29, 1.82) is 0 Å². The van der Waals surface area contributed by atoms with E-state index in [0.29, 0.717) is 0 Å². The summed E-state index contributed by atoms with van der Waals surface area (Å²) < 4.78 is 0. The molecule has 0 saturated carbocycles. The minimum absolute atomic E-state index is 0.916. The lowest BCUT2D eigenvalue weighted by Crippen LogP contribution is -2.25. The fourth-order valence-corrected chi connectivity index (χ4v) is 2.38. The maximum Gasteiger partial charge on any atom is 0.175 e. The van der Waals surface area contributed by atoms with Gasteiger partial charge in [-0.2, -0.15) is 0 Å². The van der Waals surface area contributed by atoms with Crippen LogP contribution in [0.2, 0.25) is 0 Å². The van der Waals surface area contributed by atoms with Crippen LogP contribution in [0, 0.1) is 0 Å². The molecule has 0 aliphatic carbocycles. The largest absolute Gasteiger partial charge is 0.299 e. The Kier molecular flexibility index (Phi) is 3.80. The van der Waals surface area contributed by atoms with Gasteiger partial charge >= 0.3 is 0 Å². The Bertz CT molecular complexity index is 365. The Morgan fingerprint density at radius 2 is 2.33 bits per heavy atom. The maximum atomic E-state index is 4.29. The molecule has 1 aromatic rings. The molecule has 2 N–H and O–H groups in total. The van der Waals surface area contributed by atoms with Gasteiger partial charge in [-0.3, -0.25) is 15.8 Å². The summed E-state index contributed by atoms with van der Waals surface area (Å²) in [5, 5.41) is 0.976. The third-order valence-corrected chi connectivity index (χ3v) is 3.59. The highest BCUT2D eigenvalue weighted by Crippen LogP contribution is 2.18. The molecule has 0 atom stereocenters. The number of anilines is 1. The number of rotatable bonds is 3. The number of thioether (sulfide) groups is 2. The molecular weight excluding hydrogens is 226 g/mol. The second-order valence-electron chi connectivity index (χ2n) is 3.02. The van der Waals surface area contributed by atoms with Crippen molar-refractivity contribution in [3.8, 4) is 0 Å². The van der Waals surface area contributed by atoms with Gasteiger partial charge in [-0.15, -0.1) is 11.8 Å². The monoisotopic (exact) mass is 239 g/mol. The average molecular weight is 239 g/mol. The Morgan fingerprint density at radius 3 is 3.07 bits per heavy atom. The van der Waals surface area contributed by atoms with Crippen molar-refractivity contribution in [3.05, 3.63) is 24.3 Å². The topological polar surface area (TPSA) is 36.4 Å². The molecular formula is C10H13N3S2. The van der Waals surface area contributed by atoms with Crippen LogP contribution in [0.25, 0.3) is 0 Å². The van der Waals surface area contributed by atoms with Crippen LogP contribution in [0.15, 0.2) is 34.2 Å². The highest BCUT2D eigenvalue weighted by molar-refractivity contribution is 8.14. The van der Waals surface area contributed by atoms with E-state index in [9.17, 15) is 0 Å². The summed E-state index contributed by atoms with van der Waals surface area (Å²) >= 11 is 3.48. The van der Waals surface area contributed by atoms with E-state index in [4.69, 9.17) is 0 Å². The average Bonchev–Trinajstić information content (AvgIpc) is 2.79. The minimum Gasteiger partial charge on any atom is -0.299 e. The van der Waals surface area contributed by atoms with E-state index in [1.54, 1.807) is 23.5 Å². The summed E-state index contributed by atoms with van der Waals surface area (Å²) in [6.07, 6.45) is 2.07. The number of aliphatic imine (C=N–C) groups is 1. The molecule has 3 nitrogen and oxygen atoms in total. The molecule has 0 bridgehead atoms. The van der Waals surface area contributed by atoms with Crippen LogP contribution >= 0.6 is 23.5 Å². The van der Waals surface area contributed by atoms with E-state index in [2.05, 4.69) is 34.2 Å². The number of nitrogens with zero attached hydrogens (tertiary/aromatic N) is 1. The highest BCUT2D eigenvalue weighted by atomic mass is 32.2. The quantitative estimate of drug-likeness (QED) is 0.627. The maximum absolute atomic E-state index is 4.29. The first-order chi connectivity index (χ1) is 7.38. The number of hydrogen-bond acceptors (Lipinski definition) is 5. The Balaban J connectivity index is 1.92. The zero-order chi connectivity index (χ0) is 10.5. The van der Waals surface area contributed by atoms with E-state index in [1.165, 1.54) is 4.90 Å². The lowest BCUT2D eigenvalue weighted by molar-refractivity contribution is 1.10. The minimum atomic E-state index is 0.916. The molecule has 0 fully saturated rings. The number of benzene rings is 1. The molecule has 0 saturated heterocycles. The van der Waals surface area contributed by atoms with Crippen LogP contribution in [-0.2, 0) is 0 Å². The third-order valence-electron chi connectivity index (χ3n) is 1.97. The fourth-order valence-electron chi connectivity index (χ4n) is 1.24. The van der Waals surface area contributed by atoms with Crippen LogP contribution < -0.4 is 10.9 Å². The van der Waals surface area contributed by atoms with E-state index in [1.807, 2.05) is 12.1 Å². The first-order valence-corrected chi connectivity index (χ1v) is 6.93. The molecule has 0 radical (unpaired) electrons. The van der Waals surface area contributed by atoms with Gasteiger partial charge in [0.2, 0.25) is 0 Å². The van der Waals surface area contributed by atoms with Crippen molar-refractivity contribution in [2.24, 2.45) is 4.99 Å². The summed E-state index contributed by atoms with van der Waals surface area (Å²) in [6.45, 7) is 0.916. The smallest absolute Gasteiger partial charge is 0.175 e. The van der Waals surface area contributed by atoms with Crippen molar-refractivity contribution in [1.82, 2.24) is 5.43 Å². The number of nitrogens with one attached hydrogen (secondary N) is 2. The molecule has 0 aromatic heterocycles. The van der Waals surface area contributed by atoms with Crippen molar-refractivity contribution >= 4 is 34.4 Å². The second kappa shape index (κ2) is 5.32. The second-order valence-corrected chi connectivity index (χ2v) is 4.98. The van der Waals surface area contributed by atoms with E-state index < -0.39 is 0 Å². The molecule has 0 unspecified atom stereocenters. The molecule has 15 heavy (non-hydrogen) atoms. The van der Waals surface area contributed by atoms with Crippen LogP contribution in [0.4, 0.5) is 5.69 Å². The molecule has 0 spiro atoms. The first-order valence-electron chi connectivity index (χ1n) is 4.72. The van der Waals surface area contributed by atoms with Crippen LogP contribution in [0.1, 0.15) is 0 Å². The van der Waals surface area contributed by atoms with Crippen LogP contribution in [0.5, 0.6) is 0 Å². The Hall–Kier alpha value is -0.810. The predicted octanol–water partition coefficient (Wildman–Crippen LogP) is 2.43. The Labute approximate surface area is 98.1 Å². The van der Waals surface area contributed by atoms with Gasteiger partial charge in [-0.25, -0.2) is 0 Å². The lowest BCUT2D eigenvalue weighted by Gasteiger charge is -2.09. The first kappa shape index (κ1) is 10.7. The van der Waals surface area contributed by atoms with Gasteiger partial charge in [0.15, 0.2) is 5.17 Å². The van der Waals surface area contributed by atoms with Crippen LogP contribution in [-0.4, -0.2) is 23.7 Å². The number of amidine groups is 1. The van der Waals surface area contributed by atoms with E-state index in [-0.39, 0.29) is 0 Å². The summed E-state index contributed by atoms with van der Waals surface area (Å²) in [5.41, 5.74) is 7.32. The molecule has 0 amide bonds. The van der Waals surface area contributed by atoms with Gasteiger partial charge in [0.05, 0.1) is 12.2 Å². The summed E-state index contributed by atoms with van der Waals surface area (Å²) in [6, 6.07) is 8.28. The normalized spacial score (nSPS) is 14.9. The van der Waals surface area contributed by atoms with Gasteiger partial charge in [0.1, 0.15) is 0 Å². The van der Waals surface area contributed by atoms with Crippen LogP contribution in [0.3, 0.4) is 0 Å². The van der Waals surface area contributed by atoms with Gasteiger partial charge in [0.25, 0.3) is 0 Å². The van der Waals surface area contributed by atoms with Crippen molar-refractivity contribution in [3.63, 3.8) is 0 Å². The summed E-state index contributed by atoms with van der Waals surface area (Å²) in [7, 11) is 0. The summed E-state index contributed by atoms with van der Waals surface area (Å²) in [5.74, 6) is 1.08. The fraction of sp³-hybridized carbons (Fsp3) is 0.300. The van der Waals surface area contributed by atoms with Crippen molar-refractivity contribution in [2.75, 3.05) is 24.0 Å². The Morgan fingerprint density at radius 1 is 1.40 bits per heavy atom. The zero-order valence-corrected chi connectivity index (χ0v) is 10.1. The molecule has 5 heteroatoms. The predicted molar refractivity (Wildman–Crippen MR) is 69.7 cm³/mol. The van der Waals surface area contributed by atoms with Gasteiger partial charge in [-0.1, -0.05) is 17.8 Å². The standard InChI is InChI=1S/C10H13N3S2/c1-14-9-4-2-3-8(7-9)12-13-10-11-5-6-15-10/h2-4,7,12H,5-6H2,1H3,(H,11,13). The van der Waals surface area contributed by atoms with Crippen molar-refractivity contribution < 1.29 is 0 Å². The van der Waals surface area contributed by atoms with Crippen molar-refractivity contribution in [2.45, 2.75) is 4.90 Å². The van der Waals surface area contributed by atoms with E-state index in [0.717, 1.165) is 23.2 Å². The SMILES string of the molecule is CSc1cccc(NNC2=NCCS2)c1. The van der Waals surface area contributed by atoms with Gasteiger partial charge < -0.3 is 0 Å². The molecule has 1 aliphatic heterocycles.